The first kappa shape index (κ1) is 22.2. The Morgan fingerprint density at radius 3 is 2.61 bits per heavy atom. The second kappa shape index (κ2) is 7.55. The van der Waals surface area contributed by atoms with Crippen LogP contribution in [0.3, 0.4) is 0 Å². The van der Waals surface area contributed by atoms with Crippen LogP contribution >= 0.6 is 0 Å². The van der Waals surface area contributed by atoms with Crippen LogP contribution in [-0.4, -0.2) is 53.3 Å². The Labute approximate surface area is 182 Å². The lowest BCUT2D eigenvalue weighted by atomic mass is 9.64. The van der Waals surface area contributed by atoms with Crippen LogP contribution in [0, 0.1) is 23.7 Å². The zero-order valence-corrected chi connectivity index (χ0v) is 18.7. The highest BCUT2D eigenvalue weighted by molar-refractivity contribution is 6.18. The number of esters is 1. The second-order valence-corrected chi connectivity index (χ2v) is 9.96. The van der Waals surface area contributed by atoms with Crippen LogP contribution in [0.25, 0.3) is 0 Å². The molecule has 4 aliphatic rings. The largest absolute Gasteiger partial charge is 0.478 e. The molecule has 0 aromatic rings. The Morgan fingerprint density at radius 2 is 1.97 bits per heavy atom. The molecule has 1 aliphatic carbocycles. The Morgan fingerprint density at radius 1 is 1.26 bits per heavy atom. The van der Waals surface area contributed by atoms with Gasteiger partial charge in [-0.3, -0.25) is 4.79 Å². The normalized spacial score (nSPS) is 45.3. The van der Waals surface area contributed by atoms with E-state index in [1.807, 2.05) is 13.8 Å². The molecule has 3 aliphatic heterocycles. The summed E-state index contributed by atoms with van der Waals surface area (Å²) < 4.78 is 18.2. The Hall–Kier alpha value is -1.99. The van der Waals surface area contributed by atoms with E-state index in [0.717, 1.165) is 19.3 Å². The Kier molecular flexibility index (Phi) is 5.41. The number of methoxy groups -OCH3 is 1. The van der Waals surface area contributed by atoms with E-state index < -0.39 is 41.1 Å². The maximum absolute atomic E-state index is 13.5. The summed E-state index contributed by atoms with van der Waals surface area (Å²) in [6, 6.07) is 0. The van der Waals surface area contributed by atoms with Crippen molar-refractivity contribution in [2.24, 2.45) is 23.7 Å². The van der Waals surface area contributed by atoms with Gasteiger partial charge in [0.1, 0.15) is 11.7 Å². The van der Waals surface area contributed by atoms with E-state index in [2.05, 4.69) is 13.5 Å². The average Bonchev–Trinajstić information content (AvgIpc) is 2.93. The van der Waals surface area contributed by atoms with Crippen molar-refractivity contribution in [3.63, 3.8) is 0 Å². The number of aliphatic carboxylic acids is 1. The molecule has 3 heterocycles. The number of carbonyl (C=O) groups is 3. The summed E-state index contributed by atoms with van der Waals surface area (Å²) in [4.78, 5) is 38.7. The van der Waals surface area contributed by atoms with Crippen molar-refractivity contribution >= 4 is 17.7 Å². The highest BCUT2D eigenvalue weighted by atomic mass is 16.7. The van der Waals surface area contributed by atoms with E-state index in [1.54, 1.807) is 6.08 Å². The molecule has 0 amide bonds. The predicted octanol–water partition coefficient (Wildman–Crippen LogP) is 3.07. The zero-order chi connectivity index (χ0) is 22.7. The average molecular weight is 433 g/mol. The molecule has 0 aromatic heterocycles. The Balaban J connectivity index is 1.91. The summed E-state index contributed by atoms with van der Waals surface area (Å²) in [5.41, 5.74) is -2.47. The molecule has 7 nitrogen and oxygen atoms in total. The molecule has 4 rings (SSSR count). The SMILES string of the molecule is C=C1C(=O)[C@]2(OC)C(=O)O[C@@]34C[C@H](C)C(C(=O)O)=C[C@@H]3CCC[C@@H](C)C[C@@H](C)[C@H]1O[C@H]24. The highest BCUT2D eigenvalue weighted by Crippen LogP contribution is 2.56. The monoisotopic (exact) mass is 432 g/mol. The molecule has 0 aromatic carbocycles. The van der Waals surface area contributed by atoms with Crippen molar-refractivity contribution in [3.8, 4) is 0 Å². The van der Waals surface area contributed by atoms with E-state index in [1.165, 1.54) is 7.11 Å². The quantitative estimate of drug-likeness (QED) is 0.407. The summed E-state index contributed by atoms with van der Waals surface area (Å²) in [5, 5.41) is 9.72. The van der Waals surface area contributed by atoms with E-state index in [0.29, 0.717) is 17.9 Å². The minimum Gasteiger partial charge on any atom is -0.478 e. The van der Waals surface area contributed by atoms with Gasteiger partial charge in [-0.05, 0) is 37.0 Å². The predicted molar refractivity (Wildman–Crippen MR) is 111 cm³/mol. The topological polar surface area (TPSA) is 99.1 Å². The first-order chi connectivity index (χ1) is 14.6. The van der Waals surface area contributed by atoms with Crippen LogP contribution in [0.1, 0.15) is 52.9 Å². The van der Waals surface area contributed by atoms with Crippen molar-refractivity contribution in [1.29, 1.82) is 0 Å². The van der Waals surface area contributed by atoms with Crippen LogP contribution in [0.4, 0.5) is 0 Å². The third kappa shape index (κ3) is 3.04. The fourth-order valence-corrected chi connectivity index (χ4v) is 6.39. The third-order valence-electron chi connectivity index (χ3n) is 7.89. The summed E-state index contributed by atoms with van der Waals surface area (Å²) in [7, 11) is 1.32. The molecule has 170 valence electrons. The number of Topliss-reactive ketones (excluding diaryl/α,β-unsaturated/α-hetero) is 1. The molecular formula is C24H32O7. The van der Waals surface area contributed by atoms with Gasteiger partial charge in [-0.15, -0.1) is 0 Å². The number of fused-ring (bicyclic) bond motifs is 1. The van der Waals surface area contributed by atoms with Gasteiger partial charge in [0, 0.05) is 24.2 Å². The maximum Gasteiger partial charge on any atom is 0.350 e. The van der Waals surface area contributed by atoms with Gasteiger partial charge in [0.25, 0.3) is 5.60 Å². The number of carbonyl (C=O) groups excluding carboxylic acids is 2. The molecule has 7 heteroatoms. The highest BCUT2D eigenvalue weighted by Gasteiger charge is 2.75. The summed E-state index contributed by atoms with van der Waals surface area (Å²) in [5.74, 6) is -2.48. The lowest BCUT2D eigenvalue weighted by Gasteiger charge is -2.48. The molecule has 1 spiro atoms. The number of carboxylic acid groups (broad SMARTS) is 1. The summed E-state index contributed by atoms with van der Waals surface area (Å²) >= 11 is 0. The molecule has 0 unspecified atom stereocenters. The molecule has 8 atom stereocenters. The number of carboxylic acids is 1. The van der Waals surface area contributed by atoms with E-state index in [4.69, 9.17) is 14.2 Å². The molecule has 0 radical (unpaired) electrons. The van der Waals surface area contributed by atoms with E-state index in [9.17, 15) is 19.5 Å². The van der Waals surface area contributed by atoms with Crippen molar-refractivity contribution in [1.82, 2.24) is 0 Å². The number of rotatable bonds is 2. The smallest absolute Gasteiger partial charge is 0.350 e. The van der Waals surface area contributed by atoms with Gasteiger partial charge in [-0.1, -0.05) is 46.3 Å². The summed E-state index contributed by atoms with van der Waals surface area (Å²) in [6.45, 7) is 10.0. The number of ether oxygens (including phenoxy) is 3. The van der Waals surface area contributed by atoms with Gasteiger partial charge < -0.3 is 19.3 Å². The van der Waals surface area contributed by atoms with Crippen molar-refractivity contribution < 1.29 is 33.7 Å². The maximum atomic E-state index is 13.5. The fraction of sp³-hybridized carbons (Fsp3) is 0.708. The van der Waals surface area contributed by atoms with Gasteiger partial charge in [0.05, 0.1) is 6.10 Å². The van der Waals surface area contributed by atoms with Crippen LogP contribution in [-0.2, 0) is 28.6 Å². The van der Waals surface area contributed by atoms with E-state index >= 15 is 0 Å². The first-order valence-corrected chi connectivity index (χ1v) is 11.2. The fourth-order valence-electron chi connectivity index (χ4n) is 6.39. The van der Waals surface area contributed by atoms with Crippen LogP contribution < -0.4 is 0 Å². The molecule has 3 saturated heterocycles. The van der Waals surface area contributed by atoms with Gasteiger partial charge in [-0.2, -0.15) is 0 Å². The van der Waals surface area contributed by atoms with Crippen molar-refractivity contribution in [2.45, 2.75) is 76.3 Å². The number of hydrogen-bond acceptors (Lipinski definition) is 6. The lowest BCUT2D eigenvalue weighted by molar-refractivity contribution is -0.196. The zero-order valence-electron chi connectivity index (χ0n) is 18.7. The summed E-state index contributed by atoms with van der Waals surface area (Å²) in [6.07, 6.45) is 3.86. The van der Waals surface area contributed by atoms with Crippen molar-refractivity contribution in [3.05, 3.63) is 23.8 Å². The second-order valence-electron chi connectivity index (χ2n) is 9.96. The third-order valence-corrected chi connectivity index (χ3v) is 7.89. The number of hydrogen-bond donors (Lipinski definition) is 1. The lowest BCUT2D eigenvalue weighted by Crippen LogP contribution is -2.66. The van der Waals surface area contributed by atoms with Gasteiger partial charge in [0.2, 0.25) is 5.78 Å². The molecule has 3 fully saturated rings. The number of ketones is 1. The van der Waals surface area contributed by atoms with Gasteiger partial charge in [0.15, 0.2) is 0 Å². The molecular weight excluding hydrogens is 400 g/mol. The minimum absolute atomic E-state index is 0.0387. The molecule has 2 bridgehead atoms. The van der Waals surface area contributed by atoms with Gasteiger partial charge >= 0.3 is 11.9 Å². The van der Waals surface area contributed by atoms with Crippen molar-refractivity contribution in [2.75, 3.05) is 7.11 Å². The van der Waals surface area contributed by atoms with Crippen LogP contribution in [0.5, 0.6) is 0 Å². The minimum atomic E-state index is -1.89. The van der Waals surface area contributed by atoms with Crippen LogP contribution in [0.2, 0.25) is 0 Å². The van der Waals surface area contributed by atoms with Gasteiger partial charge in [-0.25, -0.2) is 9.59 Å². The Bertz CT molecular complexity index is 860. The standard InChI is InChI=1S/C24H32O7/c1-12-7-6-8-16-10-17(20(26)27)14(3)11-23(16)21-24(29-5,22(28)31-23)19(25)15(4)18(30-21)13(2)9-12/h10,12-14,16,18,21H,4,6-9,11H2,1-3,5H3,(H,26,27)/t12-,13-,14+,16+,18-,21+,23+,24-/m1/s1. The molecule has 31 heavy (non-hydrogen) atoms. The van der Waals surface area contributed by atoms with E-state index in [-0.39, 0.29) is 29.7 Å². The molecule has 1 N–H and O–H groups in total. The van der Waals surface area contributed by atoms with Crippen LogP contribution in [0.15, 0.2) is 23.8 Å². The molecule has 0 saturated carbocycles. The first-order valence-electron chi connectivity index (χ1n) is 11.2.